The summed E-state index contributed by atoms with van der Waals surface area (Å²) in [5, 5.41) is 2.26. The number of thiophene rings is 1. The predicted octanol–water partition coefficient (Wildman–Crippen LogP) is 3.72. The number of benzene rings is 1. The lowest BCUT2D eigenvalue weighted by Crippen LogP contribution is -2.29. The maximum atomic E-state index is 11.9. The van der Waals surface area contributed by atoms with Crippen molar-refractivity contribution in [2.75, 3.05) is 5.43 Å². The number of rotatable bonds is 4. The number of para-hydroxylation sites is 1. The summed E-state index contributed by atoms with van der Waals surface area (Å²) >= 11 is 7.22. The zero-order valence-electron chi connectivity index (χ0n) is 9.87. The maximum Gasteiger partial charge on any atom is 0.281 e. The first-order chi connectivity index (χ1) is 8.72. The molecule has 94 valence electrons. The van der Waals surface area contributed by atoms with Crippen LogP contribution in [0.3, 0.4) is 0 Å². The van der Waals surface area contributed by atoms with E-state index in [1.165, 1.54) is 11.3 Å². The smallest absolute Gasteiger partial charge is 0.281 e. The molecule has 0 bridgehead atoms. The van der Waals surface area contributed by atoms with Gasteiger partial charge in [0.05, 0.1) is 10.7 Å². The highest BCUT2D eigenvalue weighted by Crippen LogP contribution is 2.22. The van der Waals surface area contributed by atoms with E-state index in [4.69, 9.17) is 11.6 Å². The molecule has 18 heavy (non-hydrogen) atoms. The van der Waals surface area contributed by atoms with Gasteiger partial charge in [0.25, 0.3) is 5.91 Å². The minimum absolute atomic E-state index is 0.221. The van der Waals surface area contributed by atoms with Crippen molar-refractivity contribution < 1.29 is 4.79 Å². The van der Waals surface area contributed by atoms with Gasteiger partial charge < -0.3 is 0 Å². The van der Waals surface area contributed by atoms with Gasteiger partial charge in [-0.3, -0.25) is 15.6 Å². The fraction of sp³-hybridized carbons (Fsp3) is 0.154. The highest BCUT2D eigenvalue weighted by atomic mass is 35.5. The first-order valence-electron chi connectivity index (χ1n) is 5.59. The van der Waals surface area contributed by atoms with Crippen molar-refractivity contribution in [1.82, 2.24) is 5.43 Å². The third-order valence-corrected chi connectivity index (χ3v) is 3.87. The number of nitrogens with one attached hydrogen (secondary N) is 2. The number of anilines is 1. The molecule has 2 rings (SSSR count). The van der Waals surface area contributed by atoms with E-state index in [0.29, 0.717) is 9.90 Å². The second kappa shape index (κ2) is 5.89. The topological polar surface area (TPSA) is 41.1 Å². The highest BCUT2D eigenvalue weighted by molar-refractivity contribution is 7.12. The van der Waals surface area contributed by atoms with Crippen LogP contribution >= 0.6 is 22.9 Å². The van der Waals surface area contributed by atoms with Crippen LogP contribution in [-0.4, -0.2) is 5.91 Å². The van der Waals surface area contributed by atoms with Crippen molar-refractivity contribution in [3.63, 3.8) is 0 Å². The molecule has 2 N–H and O–H groups in total. The van der Waals surface area contributed by atoms with Crippen LogP contribution in [0.15, 0.2) is 35.7 Å². The van der Waals surface area contributed by atoms with E-state index >= 15 is 0 Å². The molecule has 0 saturated heterocycles. The van der Waals surface area contributed by atoms with Crippen molar-refractivity contribution in [2.45, 2.75) is 13.3 Å². The van der Waals surface area contributed by atoms with Crippen LogP contribution in [0.2, 0.25) is 5.02 Å². The van der Waals surface area contributed by atoms with Crippen molar-refractivity contribution in [2.24, 2.45) is 0 Å². The molecule has 5 heteroatoms. The van der Waals surface area contributed by atoms with E-state index in [2.05, 4.69) is 17.8 Å². The molecule has 1 aromatic carbocycles. The van der Waals surface area contributed by atoms with Crippen molar-refractivity contribution in [3.8, 4) is 0 Å². The first kappa shape index (κ1) is 12.9. The van der Waals surface area contributed by atoms with Gasteiger partial charge in [-0.15, -0.1) is 11.3 Å². The van der Waals surface area contributed by atoms with Crippen LogP contribution in [0.1, 0.15) is 22.2 Å². The lowest BCUT2D eigenvalue weighted by Gasteiger charge is -2.11. The molecule has 1 aromatic heterocycles. The van der Waals surface area contributed by atoms with Crippen LogP contribution in [0.25, 0.3) is 0 Å². The summed E-state index contributed by atoms with van der Waals surface area (Å²) in [4.78, 5) is 12.4. The molecule has 1 amide bonds. The van der Waals surface area contributed by atoms with Crippen LogP contribution in [0.5, 0.6) is 0 Å². The van der Waals surface area contributed by atoms with Gasteiger partial charge in [0.1, 0.15) is 4.88 Å². The van der Waals surface area contributed by atoms with E-state index in [0.717, 1.165) is 17.7 Å². The summed E-state index contributed by atoms with van der Waals surface area (Å²) in [6.45, 7) is 2.07. The van der Waals surface area contributed by atoms with E-state index in [-0.39, 0.29) is 5.91 Å². The number of hydrogen-bond donors (Lipinski definition) is 2. The Morgan fingerprint density at radius 1 is 1.33 bits per heavy atom. The average molecular weight is 281 g/mol. The lowest BCUT2D eigenvalue weighted by atomic mass is 10.1. The van der Waals surface area contributed by atoms with Crippen LogP contribution in [0.4, 0.5) is 5.69 Å². The summed E-state index contributed by atoms with van der Waals surface area (Å²) in [6.07, 6.45) is 0.902. The minimum Gasteiger partial charge on any atom is -0.298 e. The number of hydrazine groups is 1. The molecule has 0 aliphatic heterocycles. The average Bonchev–Trinajstić information content (AvgIpc) is 2.82. The van der Waals surface area contributed by atoms with Gasteiger partial charge in [0.15, 0.2) is 0 Å². The summed E-state index contributed by atoms with van der Waals surface area (Å²) in [6, 6.07) is 9.55. The van der Waals surface area contributed by atoms with Crippen LogP contribution in [-0.2, 0) is 6.42 Å². The van der Waals surface area contributed by atoms with Gasteiger partial charge in [0, 0.05) is 0 Å². The third kappa shape index (κ3) is 2.83. The zero-order valence-corrected chi connectivity index (χ0v) is 11.4. The number of amides is 1. The maximum absolute atomic E-state index is 11.9. The molecule has 0 aliphatic carbocycles. The Morgan fingerprint density at radius 3 is 2.78 bits per heavy atom. The number of carbonyl (C=O) groups is 1. The molecular formula is C13H13ClN2OS. The Balaban J connectivity index is 2.04. The predicted molar refractivity (Wildman–Crippen MR) is 76.2 cm³/mol. The quantitative estimate of drug-likeness (QED) is 0.838. The number of hydrogen-bond acceptors (Lipinski definition) is 3. The molecule has 3 nitrogen and oxygen atoms in total. The summed E-state index contributed by atoms with van der Waals surface area (Å²) < 4.78 is 0. The van der Waals surface area contributed by atoms with Crippen molar-refractivity contribution in [3.05, 3.63) is 51.2 Å². The van der Waals surface area contributed by atoms with E-state index in [9.17, 15) is 4.79 Å². The Hall–Kier alpha value is -1.52. The van der Waals surface area contributed by atoms with Crippen LogP contribution in [0, 0.1) is 0 Å². The van der Waals surface area contributed by atoms with Gasteiger partial charge in [0.2, 0.25) is 0 Å². The van der Waals surface area contributed by atoms with Crippen molar-refractivity contribution in [1.29, 1.82) is 0 Å². The fourth-order valence-electron chi connectivity index (χ4n) is 1.59. The molecule has 0 fully saturated rings. The zero-order chi connectivity index (χ0) is 13.0. The van der Waals surface area contributed by atoms with Gasteiger partial charge in [-0.2, -0.15) is 0 Å². The molecule has 0 spiro atoms. The number of aryl methyl sites for hydroxylation is 1. The highest BCUT2D eigenvalue weighted by Gasteiger charge is 2.11. The van der Waals surface area contributed by atoms with Gasteiger partial charge in [-0.05, 0) is 29.5 Å². The van der Waals surface area contributed by atoms with Gasteiger partial charge >= 0.3 is 0 Å². The standard InChI is InChI=1S/C13H13ClN2OS/c1-2-9-5-3-4-6-11(9)15-16-13(17)12-10(14)7-8-18-12/h3-8,15H,2H2,1H3,(H,16,17). The second-order valence-electron chi connectivity index (χ2n) is 3.69. The van der Waals surface area contributed by atoms with E-state index < -0.39 is 0 Å². The van der Waals surface area contributed by atoms with Crippen molar-refractivity contribution >= 4 is 34.5 Å². The summed E-state index contributed by atoms with van der Waals surface area (Å²) in [5.74, 6) is -0.221. The summed E-state index contributed by atoms with van der Waals surface area (Å²) in [7, 11) is 0. The molecule has 0 atom stereocenters. The Kier molecular flexibility index (Phi) is 4.23. The monoisotopic (exact) mass is 280 g/mol. The number of halogens is 1. The second-order valence-corrected chi connectivity index (χ2v) is 5.01. The van der Waals surface area contributed by atoms with Gasteiger partial charge in [-0.25, -0.2) is 0 Å². The minimum atomic E-state index is -0.221. The molecule has 0 saturated carbocycles. The lowest BCUT2D eigenvalue weighted by molar-refractivity contribution is 0.0967. The Labute approximate surface area is 115 Å². The number of carbonyl (C=O) groups excluding carboxylic acids is 1. The normalized spacial score (nSPS) is 10.1. The van der Waals surface area contributed by atoms with E-state index in [1.807, 2.05) is 24.3 Å². The third-order valence-electron chi connectivity index (χ3n) is 2.53. The van der Waals surface area contributed by atoms with E-state index in [1.54, 1.807) is 11.4 Å². The first-order valence-corrected chi connectivity index (χ1v) is 6.85. The SMILES string of the molecule is CCc1ccccc1NNC(=O)c1sccc1Cl. The molecular weight excluding hydrogens is 268 g/mol. The van der Waals surface area contributed by atoms with Gasteiger partial charge in [-0.1, -0.05) is 36.7 Å². The molecule has 0 radical (unpaired) electrons. The molecule has 1 heterocycles. The van der Waals surface area contributed by atoms with Crippen LogP contribution < -0.4 is 10.9 Å². The Bertz CT molecular complexity index is 553. The molecule has 0 aliphatic rings. The largest absolute Gasteiger partial charge is 0.298 e. The Morgan fingerprint density at radius 2 is 2.11 bits per heavy atom. The fourth-order valence-corrected chi connectivity index (χ4v) is 2.62. The molecule has 0 unspecified atom stereocenters. The molecule has 2 aromatic rings. The summed E-state index contributed by atoms with van der Waals surface area (Å²) in [5.41, 5.74) is 7.63.